The van der Waals surface area contributed by atoms with Crippen LogP contribution in [0.3, 0.4) is 0 Å². The Bertz CT molecular complexity index is 2140. The fourth-order valence-electron chi connectivity index (χ4n) is 5.83. The first-order valence-corrected chi connectivity index (χ1v) is 17.0. The molecule has 0 saturated heterocycles. The van der Waals surface area contributed by atoms with Gasteiger partial charge in [-0.1, -0.05) is 17.7 Å². The Balaban J connectivity index is 1.37. The normalized spacial score (nSPS) is 11.5. The molecular weight excluding hydrogens is 627 g/mol. The standard InChI is InChI=1S/C35H25NO4S4/c1-16-4-6-22-19(12-16)14-28(41-22)24-8-10-26(43-24)30-17(2)33(35(39)40)31(18(3)32(30)34(37)38)27-11-9-25(44-27)29-15-20-13-21(36)5-7-23(20)42-29/h4-15H,36H2,1-3H3,(H,37,38)(H,39,40). The number of nitrogens with two attached hydrogens (primary N) is 1. The van der Waals surface area contributed by atoms with E-state index in [0.29, 0.717) is 27.9 Å². The second kappa shape index (κ2) is 10.7. The number of aryl methyl sites for hydroxylation is 1. The summed E-state index contributed by atoms with van der Waals surface area (Å²) in [5.74, 6) is -2.16. The lowest BCUT2D eigenvalue weighted by atomic mass is 9.86. The third-order valence-electron chi connectivity index (χ3n) is 7.83. The van der Waals surface area contributed by atoms with E-state index in [1.54, 1.807) is 36.5 Å². The lowest BCUT2D eigenvalue weighted by Crippen LogP contribution is -2.12. The molecule has 7 rings (SSSR count). The van der Waals surface area contributed by atoms with Crippen molar-refractivity contribution in [1.82, 2.24) is 0 Å². The first-order chi connectivity index (χ1) is 21.1. The number of hydrogen-bond acceptors (Lipinski definition) is 7. The van der Waals surface area contributed by atoms with Crippen LogP contribution in [0, 0.1) is 20.8 Å². The van der Waals surface area contributed by atoms with Crippen LogP contribution in [0.1, 0.15) is 37.4 Å². The zero-order chi connectivity index (χ0) is 30.9. The van der Waals surface area contributed by atoms with Gasteiger partial charge in [0.25, 0.3) is 0 Å². The molecule has 3 aromatic carbocycles. The summed E-state index contributed by atoms with van der Waals surface area (Å²) in [6.07, 6.45) is 0. The lowest BCUT2D eigenvalue weighted by molar-refractivity contribution is 0.0681. The predicted octanol–water partition coefficient (Wildman–Crippen LogP) is 10.8. The number of rotatable bonds is 6. The van der Waals surface area contributed by atoms with E-state index in [2.05, 4.69) is 37.3 Å². The maximum atomic E-state index is 12.9. The summed E-state index contributed by atoms with van der Waals surface area (Å²) in [6.45, 7) is 5.51. The van der Waals surface area contributed by atoms with Gasteiger partial charge in [-0.3, -0.25) is 0 Å². The SMILES string of the molecule is Cc1ccc2sc(-c3ccc(-c4c(C)c(C(=O)O)c(-c5ccc(-c6cc7cc(N)ccc7s6)s5)c(C)c4C(=O)O)s3)cc2c1. The first kappa shape index (κ1) is 28.5. The summed E-state index contributed by atoms with van der Waals surface area (Å²) in [5.41, 5.74) is 9.94. The van der Waals surface area contributed by atoms with Crippen LogP contribution in [0.25, 0.3) is 60.6 Å². The maximum absolute atomic E-state index is 12.9. The van der Waals surface area contributed by atoms with Crippen molar-refractivity contribution in [3.63, 3.8) is 0 Å². The van der Waals surface area contributed by atoms with Gasteiger partial charge in [-0.2, -0.15) is 0 Å². The second-order valence-corrected chi connectivity index (χ2v) is 15.1. The van der Waals surface area contributed by atoms with Crippen LogP contribution in [0.15, 0.2) is 72.8 Å². The fourth-order valence-corrected chi connectivity index (χ4v) is 10.3. The Kier molecular flexibility index (Phi) is 6.93. The van der Waals surface area contributed by atoms with Crippen molar-refractivity contribution in [3.05, 3.63) is 101 Å². The monoisotopic (exact) mass is 651 g/mol. The van der Waals surface area contributed by atoms with E-state index in [0.717, 1.165) is 39.3 Å². The number of carbonyl (C=O) groups is 2. The molecule has 9 heteroatoms. The molecule has 0 fully saturated rings. The number of benzene rings is 3. The van der Waals surface area contributed by atoms with E-state index >= 15 is 0 Å². The number of fused-ring (bicyclic) bond motifs is 2. The molecule has 0 aliphatic rings. The molecule has 5 nitrogen and oxygen atoms in total. The number of carboxylic acid groups (broad SMARTS) is 2. The third kappa shape index (κ3) is 4.73. The molecule has 0 saturated carbocycles. The summed E-state index contributed by atoms with van der Waals surface area (Å²) in [4.78, 5) is 31.3. The van der Waals surface area contributed by atoms with Crippen molar-refractivity contribution >= 4 is 83.1 Å². The summed E-state index contributed by atoms with van der Waals surface area (Å²) < 4.78 is 2.30. The van der Waals surface area contributed by atoms with Gasteiger partial charge in [0.1, 0.15) is 0 Å². The number of hydrogen-bond donors (Lipinski definition) is 3. The highest BCUT2D eigenvalue weighted by molar-refractivity contribution is 7.27. The second-order valence-electron chi connectivity index (χ2n) is 10.7. The first-order valence-electron chi connectivity index (χ1n) is 13.7. The van der Waals surface area contributed by atoms with Crippen LogP contribution in [0.2, 0.25) is 0 Å². The van der Waals surface area contributed by atoms with Gasteiger partial charge >= 0.3 is 11.9 Å². The van der Waals surface area contributed by atoms with Crippen LogP contribution >= 0.6 is 45.3 Å². The molecule has 44 heavy (non-hydrogen) atoms. The number of thiophene rings is 4. The Morgan fingerprint density at radius 3 is 1.50 bits per heavy atom. The van der Waals surface area contributed by atoms with Crippen LogP contribution < -0.4 is 5.73 Å². The highest BCUT2D eigenvalue weighted by Gasteiger charge is 2.29. The highest BCUT2D eigenvalue weighted by Crippen LogP contribution is 2.48. The van der Waals surface area contributed by atoms with Crippen LogP contribution in [-0.2, 0) is 0 Å². The zero-order valence-corrected chi connectivity index (χ0v) is 27.1. The minimum Gasteiger partial charge on any atom is -0.478 e. The van der Waals surface area contributed by atoms with Gasteiger partial charge in [0.05, 0.1) is 11.1 Å². The van der Waals surface area contributed by atoms with Crippen LogP contribution in [-0.4, -0.2) is 22.2 Å². The van der Waals surface area contributed by atoms with Gasteiger partial charge in [0.2, 0.25) is 0 Å². The highest BCUT2D eigenvalue weighted by atomic mass is 32.1. The minimum atomic E-state index is -1.08. The Hall–Kier alpha value is -4.28. The number of aromatic carboxylic acids is 2. The molecule has 4 heterocycles. The van der Waals surface area contributed by atoms with Crippen LogP contribution in [0.5, 0.6) is 0 Å². The van der Waals surface area contributed by atoms with Crippen molar-refractivity contribution in [1.29, 1.82) is 0 Å². The molecule has 218 valence electrons. The maximum Gasteiger partial charge on any atom is 0.336 e. The number of carboxylic acids is 2. The average Bonchev–Trinajstić information content (AvgIpc) is 3.77. The average molecular weight is 652 g/mol. The van der Waals surface area contributed by atoms with Crippen LogP contribution in [0.4, 0.5) is 5.69 Å². The zero-order valence-electron chi connectivity index (χ0n) is 23.8. The van der Waals surface area contributed by atoms with E-state index < -0.39 is 11.9 Å². The van der Waals surface area contributed by atoms with Crippen molar-refractivity contribution in [2.24, 2.45) is 0 Å². The van der Waals surface area contributed by atoms with Gasteiger partial charge in [-0.25, -0.2) is 9.59 Å². The topological polar surface area (TPSA) is 101 Å². The molecule has 4 N–H and O–H groups in total. The van der Waals surface area contributed by atoms with Gasteiger partial charge in [0.15, 0.2) is 0 Å². The van der Waals surface area contributed by atoms with Gasteiger partial charge < -0.3 is 15.9 Å². The largest absolute Gasteiger partial charge is 0.478 e. The number of anilines is 1. The molecular formula is C35H25NO4S4. The molecule has 0 radical (unpaired) electrons. The van der Waals surface area contributed by atoms with Crippen molar-refractivity contribution in [3.8, 4) is 40.4 Å². The molecule has 0 unspecified atom stereocenters. The minimum absolute atomic E-state index is 0.132. The predicted molar refractivity (Wildman–Crippen MR) is 187 cm³/mol. The molecule has 4 aromatic heterocycles. The van der Waals surface area contributed by atoms with Crippen molar-refractivity contribution in [2.45, 2.75) is 20.8 Å². The Morgan fingerprint density at radius 2 is 1.00 bits per heavy atom. The quantitative estimate of drug-likeness (QED) is 0.155. The molecule has 0 spiro atoms. The van der Waals surface area contributed by atoms with E-state index in [1.165, 1.54) is 38.3 Å². The van der Waals surface area contributed by atoms with E-state index in [4.69, 9.17) is 5.73 Å². The van der Waals surface area contributed by atoms with Crippen molar-refractivity contribution < 1.29 is 19.8 Å². The molecule has 0 bridgehead atoms. The third-order valence-corrected chi connectivity index (χ3v) is 12.7. The van der Waals surface area contributed by atoms with E-state index in [1.807, 2.05) is 42.5 Å². The van der Waals surface area contributed by atoms with E-state index in [9.17, 15) is 19.8 Å². The van der Waals surface area contributed by atoms with Gasteiger partial charge in [-0.05, 0) is 103 Å². The van der Waals surface area contributed by atoms with E-state index in [-0.39, 0.29) is 11.1 Å². The summed E-state index contributed by atoms with van der Waals surface area (Å²) >= 11 is 6.29. The fraction of sp³-hybridized carbons (Fsp3) is 0.0857. The Labute approximate surface area is 269 Å². The lowest BCUT2D eigenvalue weighted by Gasteiger charge is -2.19. The molecule has 0 aliphatic heterocycles. The summed E-state index contributed by atoms with van der Waals surface area (Å²) in [7, 11) is 0. The summed E-state index contributed by atoms with van der Waals surface area (Å²) in [5, 5.41) is 23.3. The molecule has 0 atom stereocenters. The van der Waals surface area contributed by atoms with Gasteiger partial charge in [0, 0.05) is 55.5 Å². The smallest absolute Gasteiger partial charge is 0.336 e. The summed E-state index contributed by atoms with van der Waals surface area (Å²) in [6, 6.07) is 24.2. The molecule has 0 amide bonds. The van der Waals surface area contributed by atoms with Crippen molar-refractivity contribution in [2.75, 3.05) is 5.73 Å². The molecule has 7 aromatic rings. The number of nitrogen functional groups attached to an aromatic ring is 1. The molecule has 0 aliphatic carbocycles. The van der Waals surface area contributed by atoms with Gasteiger partial charge in [-0.15, -0.1) is 45.3 Å². The Morgan fingerprint density at radius 1 is 0.545 bits per heavy atom.